The number of methoxy groups -OCH3 is 1. The van der Waals surface area contributed by atoms with Crippen LogP contribution in [0.25, 0.3) is 0 Å². The largest absolute Gasteiger partial charge is 0.490 e. The van der Waals surface area contributed by atoms with Gasteiger partial charge in [0.15, 0.2) is 11.5 Å². The molecule has 1 heterocycles. The van der Waals surface area contributed by atoms with Crippen LogP contribution in [0.4, 0.5) is 0 Å². The Kier molecular flexibility index (Phi) is 3.10. The molecule has 15 heavy (non-hydrogen) atoms. The number of hydrogen-bond acceptors (Lipinski definition) is 3. The molecule has 1 aliphatic heterocycles. The Hall–Kier alpha value is -0.830. The van der Waals surface area contributed by atoms with E-state index in [0.717, 1.165) is 25.7 Å². The average molecular weight is 210 g/mol. The standard InChI is InChI=1S/C12H18O3/c1-14-12(6-4-7-12)9-10(13)11-5-2-3-8-15-11/h5H,2-4,6-9H2,1H3. The second kappa shape index (κ2) is 4.35. The first-order chi connectivity index (χ1) is 7.26. The molecule has 0 amide bonds. The SMILES string of the molecule is COC1(CC(=O)C2=CCCCO2)CCC1. The molecule has 1 aliphatic carbocycles. The van der Waals surface area contributed by atoms with E-state index in [9.17, 15) is 4.79 Å². The third-order valence-corrected chi connectivity index (χ3v) is 3.39. The molecule has 2 rings (SSSR count). The molecule has 0 N–H and O–H groups in total. The van der Waals surface area contributed by atoms with Crippen molar-refractivity contribution in [2.24, 2.45) is 0 Å². The van der Waals surface area contributed by atoms with Gasteiger partial charge in [-0.05, 0) is 38.2 Å². The molecule has 0 bridgehead atoms. The summed E-state index contributed by atoms with van der Waals surface area (Å²) in [4.78, 5) is 11.9. The van der Waals surface area contributed by atoms with Crippen LogP contribution < -0.4 is 0 Å². The molecular weight excluding hydrogens is 192 g/mol. The molecule has 0 spiro atoms. The molecule has 1 saturated carbocycles. The number of Topliss-reactive ketones (excluding diaryl/α,β-unsaturated/α-hetero) is 1. The van der Waals surface area contributed by atoms with Crippen LogP contribution in [0.5, 0.6) is 0 Å². The lowest BCUT2D eigenvalue weighted by atomic mass is 9.76. The summed E-state index contributed by atoms with van der Waals surface area (Å²) in [6.45, 7) is 0.678. The van der Waals surface area contributed by atoms with E-state index in [1.807, 2.05) is 6.08 Å². The predicted octanol–water partition coefficient (Wildman–Crippen LogP) is 2.21. The lowest BCUT2D eigenvalue weighted by Gasteiger charge is -2.40. The summed E-state index contributed by atoms with van der Waals surface area (Å²) < 4.78 is 10.8. The van der Waals surface area contributed by atoms with Crippen LogP contribution >= 0.6 is 0 Å². The minimum Gasteiger partial charge on any atom is -0.490 e. The molecule has 0 saturated heterocycles. The van der Waals surface area contributed by atoms with Crippen molar-refractivity contribution >= 4 is 5.78 Å². The van der Waals surface area contributed by atoms with Crippen molar-refractivity contribution in [3.8, 4) is 0 Å². The Morgan fingerprint density at radius 3 is 2.80 bits per heavy atom. The summed E-state index contributed by atoms with van der Waals surface area (Å²) >= 11 is 0. The van der Waals surface area contributed by atoms with Crippen molar-refractivity contribution in [2.75, 3.05) is 13.7 Å². The van der Waals surface area contributed by atoms with Gasteiger partial charge in [0.1, 0.15) is 0 Å². The molecule has 2 aliphatic rings. The first kappa shape index (κ1) is 10.7. The Bertz CT molecular complexity index is 271. The van der Waals surface area contributed by atoms with Gasteiger partial charge in [-0.3, -0.25) is 4.79 Å². The summed E-state index contributed by atoms with van der Waals surface area (Å²) in [6, 6.07) is 0. The maximum absolute atomic E-state index is 11.9. The minimum atomic E-state index is -0.182. The van der Waals surface area contributed by atoms with Crippen LogP contribution in [0.3, 0.4) is 0 Å². The summed E-state index contributed by atoms with van der Waals surface area (Å²) in [5.74, 6) is 0.667. The van der Waals surface area contributed by atoms with E-state index < -0.39 is 0 Å². The fourth-order valence-electron chi connectivity index (χ4n) is 2.16. The summed E-state index contributed by atoms with van der Waals surface area (Å²) in [5.41, 5.74) is -0.182. The molecule has 84 valence electrons. The van der Waals surface area contributed by atoms with E-state index in [-0.39, 0.29) is 11.4 Å². The number of carbonyl (C=O) groups excluding carboxylic acids is 1. The molecular formula is C12H18O3. The summed E-state index contributed by atoms with van der Waals surface area (Å²) in [5, 5.41) is 0. The highest BCUT2D eigenvalue weighted by Crippen LogP contribution is 2.38. The van der Waals surface area contributed by atoms with Crippen LogP contribution in [0.15, 0.2) is 11.8 Å². The van der Waals surface area contributed by atoms with Gasteiger partial charge in [0.05, 0.1) is 12.2 Å². The predicted molar refractivity (Wildman–Crippen MR) is 56.5 cm³/mol. The molecule has 3 heteroatoms. The Balaban J connectivity index is 1.93. The summed E-state index contributed by atoms with van der Waals surface area (Å²) in [7, 11) is 1.70. The maximum Gasteiger partial charge on any atom is 0.199 e. The van der Waals surface area contributed by atoms with Crippen molar-refractivity contribution in [2.45, 2.75) is 44.1 Å². The normalized spacial score (nSPS) is 23.7. The number of rotatable bonds is 4. The van der Waals surface area contributed by atoms with E-state index in [2.05, 4.69) is 0 Å². The van der Waals surface area contributed by atoms with Crippen molar-refractivity contribution in [3.05, 3.63) is 11.8 Å². The van der Waals surface area contributed by atoms with Gasteiger partial charge in [-0.15, -0.1) is 0 Å². The van der Waals surface area contributed by atoms with E-state index in [1.165, 1.54) is 6.42 Å². The highest BCUT2D eigenvalue weighted by molar-refractivity contribution is 5.94. The first-order valence-corrected chi connectivity index (χ1v) is 5.67. The Labute approximate surface area is 90.4 Å². The average Bonchev–Trinajstić information content (AvgIpc) is 2.24. The zero-order valence-electron chi connectivity index (χ0n) is 9.25. The third-order valence-electron chi connectivity index (χ3n) is 3.39. The third kappa shape index (κ3) is 2.23. The van der Waals surface area contributed by atoms with Crippen LogP contribution in [0.2, 0.25) is 0 Å². The van der Waals surface area contributed by atoms with Crippen molar-refractivity contribution in [1.29, 1.82) is 0 Å². The van der Waals surface area contributed by atoms with Crippen molar-refractivity contribution in [1.82, 2.24) is 0 Å². The lowest BCUT2D eigenvalue weighted by Crippen LogP contribution is -2.41. The molecule has 0 radical (unpaired) electrons. The number of hydrogen-bond donors (Lipinski definition) is 0. The van der Waals surface area contributed by atoms with Crippen LogP contribution in [0.1, 0.15) is 38.5 Å². The topological polar surface area (TPSA) is 35.5 Å². The summed E-state index contributed by atoms with van der Waals surface area (Å²) in [6.07, 6.45) is 7.54. The van der Waals surface area contributed by atoms with Gasteiger partial charge in [-0.2, -0.15) is 0 Å². The fourth-order valence-corrected chi connectivity index (χ4v) is 2.16. The highest BCUT2D eigenvalue weighted by atomic mass is 16.5. The molecule has 0 unspecified atom stereocenters. The second-order valence-corrected chi connectivity index (χ2v) is 4.40. The number of carbonyl (C=O) groups is 1. The molecule has 0 atom stereocenters. The lowest BCUT2D eigenvalue weighted by molar-refractivity contribution is -0.132. The first-order valence-electron chi connectivity index (χ1n) is 5.67. The van der Waals surface area contributed by atoms with Gasteiger partial charge < -0.3 is 9.47 Å². The molecule has 0 aromatic carbocycles. The van der Waals surface area contributed by atoms with Crippen molar-refractivity contribution < 1.29 is 14.3 Å². The van der Waals surface area contributed by atoms with Gasteiger partial charge in [0, 0.05) is 13.5 Å². The van der Waals surface area contributed by atoms with E-state index in [0.29, 0.717) is 18.8 Å². The van der Waals surface area contributed by atoms with Crippen molar-refractivity contribution in [3.63, 3.8) is 0 Å². The monoisotopic (exact) mass is 210 g/mol. The highest BCUT2D eigenvalue weighted by Gasteiger charge is 2.39. The van der Waals surface area contributed by atoms with Gasteiger partial charge in [-0.25, -0.2) is 0 Å². The van der Waals surface area contributed by atoms with E-state index in [1.54, 1.807) is 7.11 Å². The van der Waals surface area contributed by atoms with Gasteiger partial charge >= 0.3 is 0 Å². The van der Waals surface area contributed by atoms with Gasteiger partial charge in [-0.1, -0.05) is 0 Å². The molecule has 0 aromatic rings. The minimum absolute atomic E-state index is 0.108. The van der Waals surface area contributed by atoms with Crippen LogP contribution in [0, 0.1) is 0 Å². The smallest absolute Gasteiger partial charge is 0.199 e. The van der Waals surface area contributed by atoms with E-state index in [4.69, 9.17) is 9.47 Å². The molecule has 3 nitrogen and oxygen atoms in total. The molecule has 1 fully saturated rings. The number of ether oxygens (including phenoxy) is 2. The van der Waals surface area contributed by atoms with Crippen LogP contribution in [-0.4, -0.2) is 25.1 Å². The Morgan fingerprint density at radius 2 is 2.33 bits per heavy atom. The maximum atomic E-state index is 11.9. The number of allylic oxidation sites excluding steroid dienone is 2. The zero-order valence-corrected chi connectivity index (χ0v) is 9.25. The fraction of sp³-hybridized carbons (Fsp3) is 0.750. The number of ketones is 1. The molecule has 0 aromatic heterocycles. The van der Waals surface area contributed by atoms with E-state index >= 15 is 0 Å². The zero-order chi connectivity index (χ0) is 10.7. The second-order valence-electron chi connectivity index (χ2n) is 4.40. The quantitative estimate of drug-likeness (QED) is 0.713. The van der Waals surface area contributed by atoms with Gasteiger partial charge in [0.2, 0.25) is 0 Å². The van der Waals surface area contributed by atoms with Gasteiger partial charge in [0.25, 0.3) is 0 Å². The van der Waals surface area contributed by atoms with Crippen LogP contribution in [-0.2, 0) is 14.3 Å². The Morgan fingerprint density at radius 1 is 1.53 bits per heavy atom.